The molecule has 1 heterocycles. The lowest BCUT2D eigenvalue weighted by molar-refractivity contribution is -0.124. The maximum Gasteiger partial charge on any atom is 0.340 e. The van der Waals surface area contributed by atoms with E-state index in [4.69, 9.17) is 14.2 Å². The number of aryl methyl sites for hydroxylation is 2. The number of benzene rings is 2. The molecule has 1 aromatic heterocycles. The normalized spacial score (nSPS) is 10.5. The molecule has 30 heavy (non-hydrogen) atoms. The molecule has 0 atom stereocenters. The second-order valence-electron chi connectivity index (χ2n) is 6.77. The molecule has 3 aromatic rings. The number of nitrogens with zero attached hydrogens (tertiary/aromatic N) is 1. The molecule has 1 amide bonds. The molecule has 3 rings (SSSR count). The number of ether oxygens (including phenoxy) is 3. The lowest BCUT2D eigenvalue weighted by Crippen LogP contribution is -2.32. The van der Waals surface area contributed by atoms with Crippen LogP contribution in [0.4, 0.5) is 0 Å². The smallest absolute Gasteiger partial charge is 0.340 e. The summed E-state index contributed by atoms with van der Waals surface area (Å²) in [6.45, 7) is 3.95. The molecule has 2 aromatic carbocycles. The largest absolute Gasteiger partial charge is 0.497 e. The highest BCUT2D eigenvalue weighted by Gasteiger charge is 2.15. The van der Waals surface area contributed by atoms with Crippen LogP contribution in [0.2, 0.25) is 0 Å². The van der Waals surface area contributed by atoms with Crippen LogP contribution in [-0.4, -0.2) is 43.7 Å². The van der Waals surface area contributed by atoms with E-state index >= 15 is 0 Å². The molecule has 7 nitrogen and oxygen atoms in total. The molecule has 0 radical (unpaired) electrons. The first-order valence-electron chi connectivity index (χ1n) is 9.55. The van der Waals surface area contributed by atoms with Gasteiger partial charge >= 0.3 is 5.97 Å². The van der Waals surface area contributed by atoms with Crippen LogP contribution >= 0.6 is 0 Å². The fourth-order valence-corrected chi connectivity index (χ4v) is 2.91. The van der Waals surface area contributed by atoms with Gasteiger partial charge in [-0.15, -0.1) is 0 Å². The predicted molar refractivity (Wildman–Crippen MR) is 113 cm³/mol. The Hall–Kier alpha value is -3.61. The average molecular weight is 408 g/mol. The molecule has 0 aliphatic heterocycles. The summed E-state index contributed by atoms with van der Waals surface area (Å²) in [5.41, 5.74) is 2.69. The standard InChI is InChI=1S/C23H24N2O5/c1-15-5-4-6-19(11-15)29-10-9-24-22(26)14-30-23(27)20-13-17-12-18(28-3)7-8-21(17)25-16(20)2/h4-8,11-13H,9-10,14H2,1-3H3,(H,24,26). The summed E-state index contributed by atoms with van der Waals surface area (Å²) in [5.74, 6) is 0.409. The first-order chi connectivity index (χ1) is 14.5. The lowest BCUT2D eigenvalue weighted by atomic mass is 10.1. The highest BCUT2D eigenvalue weighted by Crippen LogP contribution is 2.22. The number of amides is 1. The Bertz CT molecular complexity index is 1060. The van der Waals surface area contributed by atoms with Crippen molar-refractivity contribution in [2.24, 2.45) is 0 Å². The van der Waals surface area contributed by atoms with E-state index in [0.29, 0.717) is 30.2 Å². The van der Waals surface area contributed by atoms with Gasteiger partial charge in [-0.1, -0.05) is 12.1 Å². The van der Waals surface area contributed by atoms with Gasteiger partial charge in [-0.2, -0.15) is 0 Å². The summed E-state index contributed by atoms with van der Waals surface area (Å²) in [5, 5.41) is 3.41. The highest BCUT2D eigenvalue weighted by molar-refractivity contribution is 5.96. The molecule has 0 bridgehead atoms. The monoisotopic (exact) mass is 408 g/mol. The van der Waals surface area contributed by atoms with Gasteiger partial charge in [0.05, 0.1) is 30.4 Å². The van der Waals surface area contributed by atoms with Crippen LogP contribution in [-0.2, 0) is 9.53 Å². The topological polar surface area (TPSA) is 86.8 Å². The van der Waals surface area contributed by atoms with Gasteiger partial charge in [0, 0.05) is 5.39 Å². The summed E-state index contributed by atoms with van der Waals surface area (Å²) in [6, 6.07) is 14.8. The number of fused-ring (bicyclic) bond motifs is 1. The minimum atomic E-state index is -0.601. The van der Waals surface area contributed by atoms with Crippen molar-refractivity contribution in [2.75, 3.05) is 26.9 Å². The molecule has 0 saturated carbocycles. The Morgan fingerprint density at radius 3 is 2.63 bits per heavy atom. The van der Waals surface area contributed by atoms with Crippen LogP contribution in [0.25, 0.3) is 10.9 Å². The van der Waals surface area contributed by atoms with E-state index < -0.39 is 11.9 Å². The van der Waals surface area contributed by atoms with E-state index in [-0.39, 0.29) is 6.61 Å². The number of hydrogen-bond donors (Lipinski definition) is 1. The lowest BCUT2D eigenvalue weighted by Gasteiger charge is -2.10. The first-order valence-corrected chi connectivity index (χ1v) is 9.55. The van der Waals surface area contributed by atoms with E-state index in [1.807, 2.05) is 37.3 Å². The molecular weight excluding hydrogens is 384 g/mol. The maximum atomic E-state index is 12.4. The molecule has 0 spiro atoms. The number of carbonyl (C=O) groups is 2. The Labute approximate surface area is 175 Å². The van der Waals surface area contributed by atoms with Crippen LogP contribution < -0.4 is 14.8 Å². The Morgan fingerprint density at radius 2 is 1.87 bits per heavy atom. The summed E-state index contributed by atoms with van der Waals surface area (Å²) >= 11 is 0. The molecule has 0 fully saturated rings. The van der Waals surface area contributed by atoms with Crippen molar-refractivity contribution in [2.45, 2.75) is 13.8 Å². The minimum Gasteiger partial charge on any atom is -0.497 e. The third kappa shape index (κ3) is 5.47. The van der Waals surface area contributed by atoms with Crippen molar-refractivity contribution in [3.63, 3.8) is 0 Å². The zero-order valence-electron chi connectivity index (χ0n) is 17.2. The van der Waals surface area contributed by atoms with Crippen LogP contribution in [0.3, 0.4) is 0 Å². The zero-order valence-corrected chi connectivity index (χ0v) is 17.2. The van der Waals surface area contributed by atoms with Gasteiger partial charge in [0.15, 0.2) is 6.61 Å². The van der Waals surface area contributed by atoms with Crippen LogP contribution in [0, 0.1) is 13.8 Å². The van der Waals surface area contributed by atoms with Gasteiger partial charge in [0.25, 0.3) is 5.91 Å². The average Bonchev–Trinajstić information content (AvgIpc) is 2.74. The van der Waals surface area contributed by atoms with Crippen LogP contribution in [0.15, 0.2) is 48.5 Å². The molecular formula is C23H24N2O5. The van der Waals surface area contributed by atoms with Gasteiger partial charge in [-0.25, -0.2) is 4.79 Å². The first kappa shape index (κ1) is 21.1. The fraction of sp³-hybridized carbons (Fsp3) is 0.261. The summed E-state index contributed by atoms with van der Waals surface area (Å²) in [6.07, 6.45) is 0. The Kier molecular flexibility index (Phi) is 6.85. The predicted octanol–water partition coefficient (Wildman–Crippen LogP) is 3.21. The van der Waals surface area contributed by atoms with Gasteiger partial charge in [-0.05, 0) is 55.8 Å². The van der Waals surface area contributed by atoms with Crippen molar-refractivity contribution in [3.8, 4) is 11.5 Å². The molecule has 7 heteroatoms. The summed E-state index contributed by atoms with van der Waals surface area (Å²) in [4.78, 5) is 28.8. The quantitative estimate of drug-likeness (QED) is 0.455. The highest BCUT2D eigenvalue weighted by atomic mass is 16.5. The van der Waals surface area contributed by atoms with E-state index in [9.17, 15) is 9.59 Å². The second-order valence-corrected chi connectivity index (χ2v) is 6.77. The molecule has 156 valence electrons. The van der Waals surface area contributed by atoms with Crippen LogP contribution in [0.1, 0.15) is 21.6 Å². The summed E-state index contributed by atoms with van der Waals surface area (Å²) in [7, 11) is 1.57. The van der Waals surface area contributed by atoms with E-state index in [1.54, 1.807) is 32.2 Å². The number of rotatable bonds is 8. The van der Waals surface area contributed by atoms with Crippen molar-refractivity contribution in [1.29, 1.82) is 0 Å². The van der Waals surface area contributed by atoms with Gasteiger partial charge in [0.1, 0.15) is 18.1 Å². The number of aromatic nitrogens is 1. The number of esters is 1. The Morgan fingerprint density at radius 1 is 1.03 bits per heavy atom. The van der Waals surface area contributed by atoms with Crippen molar-refractivity contribution >= 4 is 22.8 Å². The number of hydrogen-bond acceptors (Lipinski definition) is 6. The van der Waals surface area contributed by atoms with E-state index in [1.165, 1.54) is 0 Å². The maximum absolute atomic E-state index is 12.4. The molecule has 0 saturated heterocycles. The van der Waals surface area contributed by atoms with E-state index in [2.05, 4.69) is 10.3 Å². The van der Waals surface area contributed by atoms with Crippen LogP contribution in [0.5, 0.6) is 11.5 Å². The Balaban J connectivity index is 1.49. The van der Waals surface area contributed by atoms with Gasteiger partial charge in [-0.3, -0.25) is 9.78 Å². The number of pyridine rings is 1. The van der Waals surface area contributed by atoms with Crippen molar-refractivity contribution < 1.29 is 23.8 Å². The number of nitrogens with one attached hydrogen (secondary N) is 1. The van der Waals surface area contributed by atoms with Crippen molar-refractivity contribution in [3.05, 3.63) is 65.4 Å². The molecule has 0 aliphatic carbocycles. The third-order valence-electron chi connectivity index (χ3n) is 4.45. The molecule has 1 N–H and O–H groups in total. The van der Waals surface area contributed by atoms with Gasteiger partial charge in [0.2, 0.25) is 0 Å². The SMILES string of the molecule is COc1ccc2nc(C)c(C(=O)OCC(=O)NCCOc3cccc(C)c3)cc2c1. The van der Waals surface area contributed by atoms with E-state index in [0.717, 1.165) is 22.2 Å². The summed E-state index contributed by atoms with van der Waals surface area (Å²) < 4.78 is 15.9. The molecule has 0 unspecified atom stereocenters. The van der Waals surface area contributed by atoms with Crippen molar-refractivity contribution in [1.82, 2.24) is 10.3 Å². The molecule has 0 aliphatic rings. The second kappa shape index (κ2) is 9.73. The zero-order chi connectivity index (χ0) is 21.5. The third-order valence-corrected chi connectivity index (χ3v) is 4.45. The number of carbonyl (C=O) groups excluding carboxylic acids is 2. The minimum absolute atomic E-state index is 0.306. The van der Waals surface area contributed by atoms with Gasteiger partial charge < -0.3 is 19.5 Å². The number of methoxy groups -OCH3 is 1. The fourth-order valence-electron chi connectivity index (χ4n) is 2.91.